The number of oxazole rings is 1. The van der Waals surface area contributed by atoms with Crippen molar-refractivity contribution in [2.45, 2.75) is 13.3 Å². The van der Waals surface area contributed by atoms with Crippen LogP contribution in [0.25, 0.3) is 11.1 Å². The fraction of sp³-hybridized carbons (Fsp3) is 0.125. The van der Waals surface area contributed by atoms with Crippen molar-refractivity contribution in [3.63, 3.8) is 0 Å². The molecule has 6 heteroatoms. The van der Waals surface area contributed by atoms with Crippen molar-refractivity contribution < 1.29 is 18.7 Å². The number of benzene rings is 2. The van der Waals surface area contributed by atoms with Crippen LogP contribution in [0.4, 0.5) is 16.1 Å². The smallest absolute Gasteiger partial charge is 0.307 e. The lowest BCUT2D eigenvalue weighted by Gasteiger charge is -2.04. The van der Waals surface area contributed by atoms with Gasteiger partial charge in [0.1, 0.15) is 5.52 Å². The van der Waals surface area contributed by atoms with Crippen LogP contribution in [0.3, 0.4) is 0 Å². The molecule has 0 amide bonds. The molecule has 0 aliphatic rings. The summed E-state index contributed by atoms with van der Waals surface area (Å²) in [5.74, 6) is -1.79. The molecule has 5 nitrogen and oxygen atoms in total. The second-order valence-corrected chi connectivity index (χ2v) is 4.92. The third-order valence-electron chi connectivity index (χ3n) is 3.31. The van der Waals surface area contributed by atoms with E-state index in [-0.39, 0.29) is 17.2 Å². The van der Waals surface area contributed by atoms with E-state index in [1.807, 2.05) is 31.2 Å². The molecule has 2 N–H and O–H groups in total. The van der Waals surface area contributed by atoms with Gasteiger partial charge in [0.05, 0.1) is 6.42 Å². The molecule has 112 valence electrons. The summed E-state index contributed by atoms with van der Waals surface area (Å²) in [4.78, 5) is 14.9. The Morgan fingerprint density at radius 2 is 2.09 bits per heavy atom. The zero-order valence-corrected chi connectivity index (χ0v) is 11.8. The zero-order valence-electron chi connectivity index (χ0n) is 11.8. The first kappa shape index (κ1) is 14.1. The molecule has 0 saturated heterocycles. The number of hydrogen-bond donors (Lipinski definition) is 2. The fourth-order valence-electron chi connectivity index (χ4n) is 2.18. The Morgan fingerprint density at radius 1 is 1.32 bits per heavy atom. The Hall–Kier alpha value is -2.89. The molecule has 22 heavy (non-hydrogen) atoms. The number of halogens is 1. The summed E-state index contributed by atoms with van der Waals surface area (Å²) in [5.41, 5.74) is 2.16. The lowest BCUT2D eigenvalue weighted by Crippen LogP contribution is -2.02. The summed E-state index contributed by atoms with van der Waals surface area (Å²) in [5, 5.41) is 11.8. The summed E-state index contributed by atoms with van der Waals surface area (Å²) < 4.78 is 19.6. The molecule has 0 saturated carbocycles. The minimum absolute atomic E-state index is 0.0464. The minimum Gasteiger partial charge on any atom is -0.481 e. The van der Waals surface area contributed by atoms with Crippen LogP contribution in [0, 0.1) is 12.7 Å². The summed E-state index contributed by atoms with van der Waals surface area (Å²) in [6.07, 6.45) is -0.400. The van der Waals surface area contributed by atoms with E-state index in [0.717, 1.165) is 11.3 Å². The number of aryl methyl sites for hydroxylation is 1. The molecule has 0 aliphatic carbocycles. The molecule has 2 aromatic carbocycles. The number of para-hydroxylation sites is 1. The van der Waals surface area contributed by atoms with E-state index in [0.29, 0.717) is 5.52 Å². The molecule has 3 aromatic rings. The molecule has 0 bridgehead atoms. The number of carbonyl (C=O) groups is 1. The molecule has 1 aromatic heterocycles. The van der Waals surface area contributed by atoms with Crippen LogP contribution >= 0.6 is 0 Å². The molecular weight excluding hydrogens is 287 g/mol. The maximum absolute atomic E-state index is 14.2. The molecule has 0 aliphatic heterocycles. The predicted octanol–water partition coefficient (Wildman–Crippen LogP) is 3.65. The quantitative estimate of drug-likeness (QED) is 0.769. The van der Waals surface area contributed by atoms with Crippen LogP contribution in [-0.4, -0.2) is 16.1 Å². The normalized spacial score (nSPS) is 10.8. The van der Waals surface area contributed by atoms with Gasteiger partial charge in [-0.1, -0.05) is 24.3 Å². The number of aromatic nitrogens is 1. The van der Waals surface area contributed by atoms with Crippen molar-refractivity contribution in [2.24, 2.45) is 0 Å². The van der Waals surface area contributed by atoms with Gasteiger partial charge in [-0.25, -0.2) is 4.39 Å². The molecule has 0 atom stereocenters. The van der Waals surface area contributed by atoms with E-state index in [1.54, 1.807) is 6.07 Å². The summed E-state index contributed by atoms with van der Waals surface area (Å²) in [6.45, 7) is 1.93. The number of rotatable bonds is 4. The predicted molar refractivity (Wildman–Crippen MR) is 79.8 cm³/mol. The highest BCUT2D eigenvalue weighted by Gasteiger charge is 2.16. The first-order valence-corrected chi connectivity index (χ1v) is 6.67. The summed E-state index contributed by atoms with van der Waals surface area (Å²) >= 11 is 0. The van der Waals surface area contributed by atoms with E-state index in [4.69, 9.17) is 9.52 Å². The van der Waals surface area contributed by atoms with E-state index in [2.05, 4.69) is 10.3 Å². The van der Waals surface area contributed by atoms with E-state index in [9.17, 15) is 9.18 Å². The van der Waals surface area contributed by atoms with Crippen molar-refractivity contribution >= 4 is 28.8 Å². The van der Waals surface area contributed by atoms with Crippen molar-refractivity contribution in [1.29, 1.82) is 0 Å². The van der Waals surface area contributed by atoms with E-state index >= 15 is 0 Å². The molecule has 0 fully saturated rings. The van der Waals surface area contributed by atoms with Crippen molar-refractivity contribution in [2.75, 3.05) is 5.32 Å². The highest BCUT2D eigenvalue weighted by atomic mass is 19.1. The average molecular weight is 300 g/mol. The van der Waals surface area contributed by atoms with Gasteiger partial charge in [-0.05, 0) is 24.6 Å². The van der Waals surface area contributed by atoms with Gasteiger partial charge in [-0.2, -0.15) is 4.98 Å². The number of aliphatic carboxylic acids is 1. The third-order valence-corrected chi connectivity index (χ3v) is 3.31. The maximum atomic E-state index is 14.2. The van der Waals surface area contributed by atoms with Crippen molar-refractivity contribution in [3.8, 4) is 0 Å². The zero-order chi connectivity index (χ0) is 15.7. The third kappa shape index (κ3) is 2.63. The lowest BCUT2D eigenvalue weighted by molar-refractivity contribution is -0.136. The first-order chi connectivity index (χ1) is 10.5. The Morgan fingerprint density at radius 3 is 2.82 bits per heavy atom. The van der Waals surface area contributed by atoms with Gasteiger partial charge >= 0.3 is 5.97 Å². The van der Waals surface area contributed by atoms with Crippen molar-refractivity contribution in [1.82, 2.24) is 4.98 Å². The van der Waals surface area contributed by atoms with Gasteiger partial charge < -0.3 is 14.8 Å². The topological polar surface area (TPSA) is 75.4 Å². The van der Waals surface area contributed by atoms with Gasteiger partial charge in [0.2, 0.25) is 0 Å². The number of nitrogens with one attached hydrogen (secondary N) is 1. The Balaban J connectivity index is 1.98. The average Bonchev–Trinajstić information content (AvgIpc) is 2.88. The number of fused-ring (bicyclic) bond motifs is 1. The highest BCUT2D eigenvalue weighted by molar-refractivity contribution is 5.79. The SMILES string of the molecule is Cc1ccccc1Nc1nc2ccc(CC(=O)O)c(F)c2o1. The molecule has 0 unspecified atom stereocenters. The monoisotopic (exact) mass is 300 g/mol. The molecule has 1 heterocycles. The van der Waals surface area contributed by atoms with Crippen LogP contribution < -0.4 is 5.32 Å². The fourth-order valence-corrected chi connectivity index (χ4v) is 2.18. The van der Waals surface area contributed by atoms with Gasteiger partial charge in [0.15, 0.2) is 11.4 Å². The largest absolute Gasteiger partial charge is 0.481 e. The summed E-state index contributed by atoms with van der Waals surface area (Å²) in [6, 6.07) is 10.7. The standard InChI is InChI=1S/C16H13FN2O3/c1-9-4-2-3-5-11(9)18-16-19-12-7-6-10(8-13(20)21)14(17)15(12)22-16/h2-7H,8H2,1H3,(H,18,19)(H,20,21). The molecule has 0 spiro atoms. The van der Waals surface area contributed by atoms with Gasteiger partial charge in [-0.3, -0.25) is 4.79 Å². The second kappa shape index (κ2) is 5.48. The van der Waals surface area contributed by atoms with E-state index < -0.39 is 18.2 Å². The lowest BCUT2D eigenvalue weighted by atomic mass is 10.1. The number of anilines is 2. The molecular formula is C16H13FN2O3. The highest BCUT2D eigenvalue weighted by Crippen LogP contribution is 2.27. The number of hydrogen-bond acceptors (Lipinski definition) is 4. The number of carboxylic acids is 1. The minimum atomic E-state index is -1.10. The molecule has 0 radical (unpaired) electrons. The Kier molecular flexibility index (Phi) is 3.50. The maximum Gasteiger partial charge on any atom is 0.307 e. The second-order valence-electron chi connectivity index (χ2n) is 4.92. The molecule has 3 rings (SSSR count). The van der Waals surface area contributed by atoms with Crippen molar-refractivity contribution in [3.05, 3.63) is 53.3 Å². The van der Waals surface area contributed by atoms with E-state index in [1.165, 1.54) is 6.07 Å². The Bertz CT molecular complexity index is 858. The van der Waals surface area contributed by atoms with Gasteiger partial charge in [0.25, 0.3) is 6.01 Å². The van der Waals surface area contributed by atoms with Gasteiger partial charge in [-0.15, -0.1) is 0 Å². The van der Waals surface area contributed by atoms with Crippen LogP contribution in [0.2, 0.25) is 0 Å². The number of nitrogens with zero attached hydrogens (tertiary/aromatic N) is 1. The summed E-state index contributed by atoms with van der Waals surface area (Å²) in [7, 11) is 0. The number of carboxylic acid groups (broad SMARTS) is 1. The van der Waals surface area contributed by atoms with Gasteiger partial charge in [0, 0.05) is 11.3 Å². The van der Waals surface area contributed by atoms with Crippen LogP contribution in [0.1, 0.15) is 11.1 Å². The Labute approximate surface area is 125 Å². The first-order valence-electron chi connectivity index (χ1n) is 6.67. The van der Waals surface area contributed by atoms with Crippen LogP contribution in [0.5, 0.6) is 0 Å². The van der Waals surface area contributed by atoms with Crippen LogP contribution in [-0.2, 0) is 11.2 Å². The van der Waals surface area contributed by atoms with Crippen LogP contribution in [0.15, 0.2) is 40.8 Å².